The van der Waals surface area contributed by atoms with Crippen molar-refractivity contribution in [3.05, 3.63) is 164 Å². The number of furan rings is 1. The van der Waals surface area contributed by atoms with Crippen LogP contribution in [0.25, 0.3) is 88.1 Å². The second-order valence-electron chi connectivity index (χ2n) is 11.5. The monoisotopic (exact) mass is 573 g/mol. The lowest BCUT2D eigenvalue weighted by Gasteiger charge is -2.17. The molecule has 0 aliphatic heterocycles. The number of hydrogen-bond donors (Lipinski definition) is 0. The molecule has 0 fully saturated rings. The van der Waals surface area contributed by atoms with Crippen molar-refractivity contribution < 1.29 is 4.42 Å². The van der Waals surface area contributed by atoms with Gasteiger partial charge >= 0.3 is 0 Å². The summed E-state index contributed by atoms with van der Waals surface area (Å²) < 4.78 is 6.33. The molecule has 2 aromatic heterocycles. The molecule has 7 aromatic carbocycles. The standard InChI is InChI=1S/C43H27NO/c1-2-11-28(12-3-1)29-21-23-30(24-22-29)41-34-14-4-6-16-36(34)42(37-17-7-5-15-35(37)41)39-26-25-31(27-44-39)32-18-10-19-38-33-13-8-9-20-40(33)45-43(32)38/h1-27H. The maximum atomic E-state index is 6.33. The van der Waals surface area contributed by atoms with Gasteiger partial charge in [-0.3, -0.25) is 4.98 Å². The summed E-state index contributed by atoms with van der Waals surface area (Å²) in [5, 5.41) is 7.08. The number of hydrogen-bond acceptors (Lipinski definition) is 2. The maximum absolute atomic E-state index is 6.33. The van der Waals surface area contributed by atoms with Crippen LogP contribution in [0, 0.1) is 0 Å². The lowest BCUT2D eigenvalue weighted by Crippen LogP contribution is -1.93. The van der Waals surface area contributed by atoms with Crippen molar-refractivity contribution in [3.8, 4) is 44.6 Å². The van der Waals surface area contributed by atoms with Gasteiger partial charge < -0.3 is 4.42 Å². The molecule has 2 nitrogen and oxygen atoms in total. The average Bonchev–Trinajstić information content (AvgIpc) is 3.50. The van der Waals surface area contributed by atoms with Crippen LogP contribution in [0.2, 0.25) is 0 Å². The fraction of sp³-hybridized carbons (Fsp3) is 0. The zero-order valence-electron chi connectivity index (χ0n) is 24.4. The largest absolute Gasteiger partial charge is 0.455 e. The van der Waals surface area contributed by atoms with Gasteiger partial charge in [0.1, 0.15) is 11.2 Å². The highest BCUT2D eigenvalue weighted by Crippen LogP contribution is 2.44. The number of rotatable bonds is 4. The molecule has 0 saturated heterocycles. The molecular formula is C43H27NO. The summed E-state index contributed by atoms with van der Waals surface area (Å²) in [5.41, 5.74) is 10.9. The van der Waals surface area contributed by atoms with E-state index in [0.29, 0.717) is 0 Å². The summed E-state index contributed by atoms with van der Waals surface area (Å²) in [5.74, 6) is 0. The van der Waals surface area contributed by atoms with E-state index in [1.807, 2.05) is 18.3 Å². The molecule has 0 spiro atoms. The van der Waals surface area contributed by atoms with E-state index in [2.05, 4.69) is 146 Å². The number of aromatic nitrogens is 1. The van der Waals surface area contributed by atoms with Crippen LogP contribution in [0.15, 0.2) is 168 Å². The van der Waals surface area contributed by atoms with Crippen LogP contribution >= 0.6 is 0 Å². The van der Waals surface area contributed by atoms with Crippen molar-refractivity contribution >= 4 is 43.5 Å². The van der Waals surface area contributed by atoms with Gasteiger partial charge in [-0.25, -0.2) is 0 Å². The highest BCUT2D eigenvalue weighted by Gasteiger charge is 2.18. The minimum atomic E-state index is 0.895. The van der Waals surface area contributed by atoms with Crippen molar-refractivity contribution in [2.75, 3.05) is 0 Å². The second-order valence-corrected chi connectivity index (χ2v) is 11.5. The molecule has 0 atom stereocenters. The minimum Gasteiger partial charge on any atom is -0.455 e. The molecule has 45 heavy (non-hydrogen) atoms. The molecule has 0 N–H and O–H groups in total. The van der Waals surface area contributed by atoms with Crippen molar-refractivity contribution in [1.29, 1.82) is 0 Å². The average molecular weight is 574 g/mol. The Morgan fingerprint density at radius 1 is 0.356 bits per heavy atom. The lowest BCUT2D eigenvalue weighted by molar-refractivity contribution is 0.670. The summed E-state index contributed by atoms with van der Waals surface area (Å²) in [4.78, 5) is 5.09. The van der Waals surface area contributed by atoms with Gasteiger partial charge in [0.25, 0.3) is 0 Å². The zero-order chi connectivity index (χ0) is 29.7. The normalized spacial score (nSPS) is 11.6. The highest BCUT2D eigenvalue weighted by atomic mass is 16.3. The number of fused-ring (bicyclic) bond motifs is 5. The van der Waals surface area contributed by atoms with Crippen LogP contribution in [0.5, 0.6) is 0 Å². The van der Waals surface area contributed by atoms with Crippen molar-refractivity contribution in [3.63, 3.8) is 0 Å². The topological polar surface area (TPSA) is 26.0 Å². The molecule has 9 rings (SSSR count). The van der Waals surface area contributed by atoms with Crippen LogP contribution in [-0.4, -0.2) is 4.98 Å². The Kier molecular flexibility index (Phi) is 5.85. The number of pyridine rings is 1. The van der Waals surface area contributed by atoms with Crippen molar-refractivity contribution in [1.82, 2.24) is 4.98 Å². The van der Waals surface area contributed by atoms with E-state index in [1.54, 1.807) is 0 Å². The van der Waals surface area contributed by atoms with Crippen LogP contribution in [0.1, 0.15) is 0 Å². The van der Waals surface area contributed by atoms with Crippen LogP contribution in [0.3, 0.4) is 0 Å². The Morgan fingerprint density at radius 3 is 1.56 bits per heavy atom. The molecule has 0 unspecified atom stereocenters. The Hall–Kier alpha value is -5.99. The highest BCUT2D eigenvalue weighted by molar-refractivity contribution is 6.21. The fourth-order valence-corrected chi connectivity index (χ4v) is 6.85. The maximum Gasteiger partial charge on any atom is 0.143 e. The van der Waals surface area contributed by atoms with Crippen LogP contribution < -0.4 is 0 Å². The van der Waals surface area contributed by atoms with E-state index in [-0.39, 0.29) is 0 Å². The van der Waals surface area contributed by atoms with E-state index in [9.17, 15) is 0 Å². The number of nitrogens with zero attached hydrogens (tertiary/aromatic N) is 1. The van der Waals surface area contributed by atoms with Gasteiger partial charge in [0.2, 0.25) is 0 Å². The predicted molar refractivity (Wildman–Crippen MR) is 188 cm³/mol. The van der Waals surface area contributed by atoms with Crippen LogP contribution in [0.4, 0.5) is 0 Å². The Bertz CT molecular complexity index is 2450. The van der Waals surface area contributed by atoms with Gasteiger partial charge in [0.05, 0.1) is 5.69 Å². The first-order valence-electron chi connectivity index (χ1n) is 15.3. The summed E-state index contributed by atoms with van der Waals surface area (Å²) in [6, 6.07) is 55.8. The molecule has 0 bridgehead atoms. The summed E-state index contributed by atoms with van der Waals surface area (Å²) >= 11 is 0. The van der Waals surface area contributed by atoms with E-state index >= 15 is 0 Å². The molecule has 210 valence electrons. The second kappa shape index (κ2) is 10.3. The van der Waals surface area contributed by atoms with Crippen molar-refractivity contribution in [2.45, 2.75) is 0 Å². The van der Waals surface area contributed by atoms with Gasteiger partial charge in [0.15, 0.2) is 0 Å². The quantitative estimate of drug-likeness (QED) is 0.196. The molecule has 0 amide bonds. The fourth-order valence-electron chi connectivity index (χ4n) is 6.85. The number of para-hydroxylation sites is 2. The summed E-state index contributed by atoms with van der Waals surface area (Å²) in [6.07, 6.45) is 1.98. The third-order valence-corrected chi connectivity index (χ3v) is 8.95. The molecule has 0 radical (unpaired) electrons. The first-order chi connectivity index (χ1) is 22.3. The van der Waals surface area contributed by atoms with Crippen molar-refractivity contribution in [2.24, 2.45) is 0 Å². The molecular weight excluding hydrogens is 546 g/mol. The summed E-state index contributed by atoms with van der Waals surface area (Å²) in [6.45, 7) is 0. The SMILES string of the molecule is c1ccc(-c2ccc(-c3c4ccccc4c(-c4ccc(-c5cccc6c5oc5ccccc56)cn4)c4ccccc34)cc2)cc1. The zero-order valence-corrected chi connectivity index (χ0v) is 24.4. The first kappa shape index (κ1) is 25.5. The third-order valence-electron chi connectivity index (χ3n) is 8.95. The molecule has 0 saturated carbocycles. The van der Waals surface area contributed by atoms with Gasteiger partial charge in [-0.2, -0.15) is 0 Å². The Labute approximate surface area is 260 Å². The molecule has 0 aliphatic carbocycles. The molecule has 2 heterocycles. The molecule has 2 heteroatoms. The molecule has 0 aliphatic rings. The smallest absolute Gasteiger partial charge is 0.143 e. The summed E-state index contributed by atoms with van der Waals surface area (Å²) in [7, 11) is 0. The van der Waals surface area contributed by atoms with Gasteiger partial charge in [-0.05, 0) is 55.9 Å². The number of benzene rings is 7. The third kappa shape index (κ3) is 4.15. The van der Waals surface area contributed by atoms with E-state index in [4.69, 9.17) is 9.40 Å². The Morgan fingerprint density at radius 2 is 0.889 bits per heavy atom. The van der Waals surface area contributed by atoms with Gasteiger partial charge in [-0.15, -0.1) is 0 Å². The van der Waals surface area contributed by atoms with Gasteiger partial charge in [0, 0.05) is 33.7 Å². The first-order valence-corrected chi connectivity index (χ1v) is 15.3. The Balaban J connectivity index is 1.20. The van der Waals surface area contributed by atoms with Gasteiger partial charge in [-0.1, -0.05) is 146 Å². The minimum absolute atomic E-state index is 0.895. The van der Waals surface area contributed by atoms with E-state index in [0.717, 1.165) is 44.3 Å². The predicted octanol–water partition coefficient (Wildman–Crippen LogP) is 12.0. The lowest BCUT2D eigenvalue weighted by atomic mass is 9.87. The van der Waals surface area contributed by atoms with Crippen LogP contribution in [-0.2, 0) is 0 Å². The van der Waals surface area contributed by atoms with E-state index in [1.165, 1.54) is 43.8 Å². The molecule has 9 aromatic rings. The van der Waals surface area contributed by atoms with E-state index < -0.39 is 0 Å².